The monoisotopic (exact) mass is 286 g/mol. The summed E-state index contributed by atoms with van der Waals surface area (Å²) in [7, 11) is -4.32. The molecule has 0 aromatic rings. The molecule has 0 spiro atoms. The summed E-state index contributed by atoms with van der Waals surface area (Å²) in [6.45, 7) is 6.64. The number of hydrogen-bond donors (Lipinski definition) is 3. The zero-order valence-corrected chi connectivity index (χ0v) is 12.6. The smallest absolute Gasteiger partial charge is 0.303 e. The van der Waals surface area contributed by atoms with Crippen LogP contribution in [0, 0.1) is 5.41 Å². The molecule has 0 atom stereocenters. The maximum atomic E-state index is 10.6. The Morgan fingerprint density at radius 1 is 1.12 bits per heavy atom. The summed E-state index contributed by atoms with van der Waals surface area (Å²) in [5.74, 6) is 0. The van der Waals surface area contributed by atoms with Crippen molar-refractivity contribution in [3.63, 3.8) is 0 Å². The van der Waals surface area contributed by atoms with Crippen LogP contribution in [-0.2, 0) is 9.13 Å². The van der Waals surface area contributed by atoms with Crippen LogP contribution in [0.2, 0.25) is 0 Å². The van der Waals surface area contributed by atoms with Crippen LogP contribution in [0.15, 0.2) is 0 Å². The first-order valence-electron chi connectivity index (χ1n) is 5.82. The topological polar surface area (TPSA) is 94.8 Å². The first kappa shape index (κ1) is 19.5. The molecule has 17 heavy (non-hydrogen) atoms. The van der Waals surface area contributed by atoms with Gasteiger partial charge in [0.1, 0.15) is 0 Å². The van der Waals surface area contributed by atoms with E-state index in [1.54, 1.807) is 0 Å². The fourth-order valence-corrected chi connectivity index (χ4v) is 2.47. The highest BCUT2D eigenvalue weighted by molar-refractivity contribution is 7.45. The van der Waals surface area contributed by atoms with Crippen molar-refractivity contribution in [2.75, 3.05) is 6.16 Å². The summed E-state index contributed by atoms with van der Waals surface area (Å²) >= 11 is 0. The van der Waals surface area contributed by atoms with Gasteiger partial charge in [0.25, 0.3) is 0 Å². The average molecular weight is 286 g/mol. The van der Waals surface area contributed by atoms with E-state index in [-0.39, 0.29) is 0 Å². The Hall–Kier alpha value is 0.210. The van der Waals surface area contributed by atoms with Gasteiger partial charge in [-0.1, -0.05) is 33.6 Å². The third-order valence-electron chi connectivity index (χ3n) is 2.96. The Kier molecular flexibility index (Phi) is 11.7. The van der Waals surface area contributed by atoms with Gasteiger partial charge in [-0.2, -0.15) is 0 Å². The van der Waals surface area contributed by atoms with Gasteiger partial charge in [-0.3, -0.25) is 4.57 Å². The molecule has 0 bridgehead atoms. The van der Waals surface area contributed by atoms with Crippen LogP contribution in [0.5, 0.6) is 0 Å². The quantitative estimate of drug-likeness (QED) is 0.624. The molecule has 3 N–H and O–H groups in total. The molecular weight excluding hydrogens is 262 g/mol. The second kappa shape index (κ2) is 10.2. The van der Waals surface area contributed by atoms with Crippen molar-refractivity contribution in [2.45, 2.75) is 52.9 Å². The maximum absolute atomic E-state index is 10.6. The normalized spacial score (nSPS) is 12.1. The summed E-state index contributed by atoms with van der Waals surface area (Å²) in [4.78, 5) is 21.6. The number of unbranched alkanes of at least 4 members (excludes halogenated alkanes) is 1. The summed E-state index contributed by atoms with van der Waals surface area (Å²) in [6.07, 6.45) is 6.94. The van der Waals surface area contributed by atoms with E-state index < -0.39 is 7.82 Å². The van der Waals surface area contributed by atoms with Crippen molar-refractivity contribution in [2.24, 2.45) is 5.41 Å². The predicted octanol–water partition coefficient (Wildman–Crippen LogP) is 3.35. The van der Waals surface area contributed by atoms with Crippen molar-refractivity contribution in [3.05, 3.63) is 0 Å². The first-order chi connectivity index (χ1) is 7.74. The van der Waals surface area contributed by atoms with Crippen LogP contribution in [0.4, 0.5) is 0 Å². The Bertz CT molecular complexity index is 227. The van der Waals surface area contributed by atoms with Crippen LogP contribution in [-0.4, -0.2) is 20.8 Å². The lowest BCUT2D eigenvalue weighted by atomic mass is 9.80. The molecule has 5 nitrogen and oxygen atoms in total. The molecule has 0 aliphatic carbocycles. The number of rotatable bonds is 7. The van der Waals surface area contributed by atoms with Crippen molar-refractivity contribution in [3.8, 4) is 0 Å². The van der Waals surface area contributed by atoms with Crippen molar-refractivity contribution < 1.29 is 23.8 Å². The summed E-state index contributed by atoms with van der Waals surface area (Å²) < 4.78 is 19.5. The van der Waals surface area contributed by atoms with E-state index in [4.69, 9.17) is 19.2 Å². The minimum absolute atomic E-state index is 0.321. The standard InChI is InChI=1S/C10H21OP.H3O4P/c1-4-7-8-10(5-2,6-3)9-12-11;1-5(2,3)4/h4-9H2,1-3H3;(H3,1,2,3,4). The third kappa shape index (κ3) is 14.1. The highest BCUT2D eigenvalue weighted by Crippen LogP contribution is 2.35. The average Bonchev–Trinajstić information content (AvgIpc) is 2.22. The molecule has 104 valence electrons. The van der Waals surface area contributed by atoms with Crippen LogP contribution < -0.4 is 0 Å². The number of phosphoric acid groups is 1. The van der Waals surface area contributed by atoms with Crippen LogP contribution in [0.25, 0.3) is 0 Å². The van der Waals surface area contributed by atoms with Gasteiger partial charge in [0.05, 0.1) is 0 Å². The molecule has 0 heterocycles. The fourth-order valence-electron chi connectivity index (χ4n) is 1.59. The fraction of sp³-hybridized carbons (Fsp3) is 1.00. The van der Waals surface area contributed by atoms with Gasteiger partial charge in [0.2, 0.25) is 0 Å². The molecular formula is C10H24O5P2. The van der Waals surface area contributed by atoms with Crippen LogP contribution in [0.3, 0.4) is 0 Å². The van der Waals surface area contributed by atoms with Gasteiger partial charge in [-0.05, 0) is 24.7 Å². The lowest BCUT2D eigenvalue weighted by molar-refractivity contribution is 0.270. The minimum Gasteiger partial charge on any atom is -0.303 e. The first-order valence-corrected chi connectivity index (χ1v) is 8.38. The highest BCUT2D eigenvalue weighted by atomic mass is 31.2. The van der Waals surface area contributed by atoms with E-state index in [0.717, 1.165) is 6.16 Å². The van der Waals surface area contributed by atoms with Crippen molar-refractivity contribution in [1.29, 1.82) is 0 Å². The van der Waals surface area contributed by atoms with Gasteiger partial charge >= 0.3 is 7.82 Å². The molecule has 7 heteroatoms. The minimum atomic E-state index is -4.64. The molecule has 0 aromatic carbocycles. The van der Waals surface area contributed by atoms with E-state index >= 15 is 0 Å². The number of hydrogen-bond acceptors (Lipinski definition) is 2. The van der Waals surface area contributed by atoms with E-state index in [0.29, 0.717) is 13.9 Å². The summed E-state index contributed by atoms with van der Waals surface area (Å²) in [5.41, 5.74) is 0.360. The summed E-state index contributed by atoms with van der Waals surface area (Å²) in [6, 6.07) is 0. The Morgan fingerprint density at radius 3 is 1.76 bits per heavy atom. The molecule has 0 rings (SSSR count). The Balaban J connectivity index is 0. The molecule has 0 saturated carbocycles. The molecule has 0 aromatic heterocycles. The van der Waals surface area contributed by atoms with Gasteiger partial charge < -0.3 is 14.7 Å². The zero-order chi connectivity index (χ0) is 13.9. The van der Waals surface area contributed by atoms with Gasteiger partial charge in [-0.25, -0.2) is 4.57 Å². The molecule has 0 saturated heterocycles. The molecule has 0 aliphatic heterocycles. The second-order valence-electron chi connectivity index (χ2n) is 4.11. The SMILES string of the molecule is CCCCC(CC)(CC)CP=O.O=P(O)(O)O. The largest absolute Gasteiger partial charge is 0.466 e. The predicted molar refractivity (Wildman–Crippen MR) is 69.3 cm³/mol. The van der Waals surface area contributed by atoms with Gasteiger partial charge in [0.15, 0.2) is 8.46 Å². The van der Waals surface area contributed by atoms with E-state index in [9.17, 15) is 4.57 Å². The third-order valence-corrected chi connectivity index (χ3v) is 3.76. The molecule has 0 aliphatic rings. The molecule has 0 fully saturated rings. The summed E-state index contributed by atoms with van der Waals surface area (Å²) in [5, 5.41) is 0. The molecule has 0 radical (unpaired) electrons. The van der Waals surface area contributed by atoms with Gasteiger partial charge in [-0.15, -0.1) is 0 Å². The maximum Gasteiger partial charge on any atom is 0.466 e. The van der Waals surface area contributed by atoms with Crippen LogP contribution in [0.1, 0.15) is 52.9 Å². The van der Waals surface area contributed by atoms with E-state index in [2.05, 4.69) is 20.8 Å². The Labute approximate surface area is 105 Å². The molecule has 0 unspecified atom stereocenters. The van der Waals surface area contributed by atoms with Crippen molar-refractivity contribution in [1.82, 2.24) is 0 Å². The Morgan fingerprint density at radius 2 is 1.53 bits per heavy atom. The second-order valence-corrected chi connectivity index (χ2v) is 5.71. The van der Waals surface area contributed by atoms with E-state index in [1.165, 1.54) is 32.1 Å². The van der Waals surface area contributed by atoms with E-state index in [1.807, 2.05) is 0 Å². The lowest BCUT2D eigenvalue weighted by Gasteiger charge is -2.28. The van der Waals surface area contributed by atoms with Crippen molar-refractivity contribution >= 4 is 16.3 Å². The van der Waals surface area contributed by atoms with Crippen LogP contribution >= 0.6 is 16.3 Å². The molecule has 0 amide bonds. The zero-order valence-electron chi connectivity index (χ0n) is 10.8. The lowest BCUT2D eigenvalue weighted by Crippen LogP contribution is -2.20. The van der Waals surface area contributed by atoms with Gasteiger partial charge in [0, 0.05) is 6.16 Å². The highest BCUT2D eigenvalue weighted by Gasteiger charge is 2.24.